The molecule has 96 valence electrons. The van der Waals surface area contributed by atoms with Crippen molar-refractivity contribution in [2.75, 3.05) is 12.8 Å². The molecule has 0 unspecified atom stereocenters. The summed E-state index contributed by atoms with van der Waals surface area (Å²) < 4.78 is 26.4. The van der Waals surface area contributed by atoms with Crippen LogP contribution in [0.2, 0.25) is 0 Å². The van der Waals surface area contributed by atoms with Crippen LogP contribution in [0.5, 0.6) is 0 Å². The lowest BCUT2D eigenvalue weighted by molar-refractivity contribution is 0.309. The van der Waals surface area contributed by atoms with Crippen LogP contribution in [-0.2, 0) is 13.1 Å². The minimum absolute atomic E-state index is 0.308. The fourth-order valence-electron chi connectivity index (χ4n) is 1.76. The number of anilines is 1. The molecule has 0 aliphatic rings. The van der Waals surface area contributed by atoms with Crippen LogP contribution in [0, 0.1) is 11.6 Å². The van der Waals surface area contributed by atoms with Crippen LogP contribution >= 0.6 is 0 Å². The number of hydrogen-bond acceptors (Lipinski definition) is 3. The molecule has 0 fully saturated rings. The summed E-state index contributed by atoms with van der Waals surface area (Å²) in [5.74, 6) is -0.437. The molecule has 6 heteroatoms. The zero-order valence-electron chi connectivity index (χ0n) is 9.95. The molecule has 0 aliphatic carbocycles. The fraction of sp³-hybridized carbons (Fsp3) is 0.250. The van der Waals surface area contributed by atoms with Gasteiger partial charge in [0.05, 0.1) is 5.69 Å². The minimum atomic E-state index is -0.439. The van der Waals surface area contributed by atoms with Gasteiger partial charge in [-0.15, -0.1) is 0 Å². The van der Waals surface area contributed by atoms with Crippen molar-refractivity contribution in [3.05, 3.63) is 47.2 Å². The van der Waals surface area contributed by atoms with Crippen molar-refractivity contribution in [1.82, 2.24) is 15.1 Å². The second kappa shape index (κ2) is 5.14. The molecule has 0 spiro atoms. The van der Waals surface area contributed by atoms with Crippen LogP contribution in [0.15, 0.2) is 24.3 Å². The molecule has 3 N–H and O–H groups in total. The summed E-state index contributed by atoms with van der Waals surface area (Å²) in [6.07, 6.45) is 0. The zero-order chi connectivity index (χ0) is 13.1. The Morgan fingerprint density at radius 1 is 1.28 bits per heavy atom. The maximum atomic E-state index is 13.4. The van der Waals surface area contributed by atoms with Crippen LogP contribution in [0.4, 0.5) is 14.6 Å². The largest absolute Gasteiger partial charge is 0.382 e. The summed E-state index contributed by atoms with van der Waals surface area (Å²) in [5.41, 5.74) is 6.63. The van der Waals surface area contributed by atoms with Crippen molar-refractivity contribution in [2.45, 2.75) is 13.1 Å². The van der Waals surface area contributed by atoms with Crippen LogP contribution < -0.4 is 5.73 Å². The monoisotopic (exact) mass is 252 g/mol. The van der Waals surface area contributed by atoms with Gasteiger partial charge in [0, 0.05) is 24.7 Å². The third-order valence-electron chi connectivity index (χ3n) is 2.54. The summed E-state index contributed by atoms with van der Waals surface area (Å²) >= 11 is 0. The molecule has 0 aliphatic heterocycles. The van der Waals surface area contributed by atoms with Gasteiger partial charge in [0.25, 0.3) is 0 Å². The summed E-state index contributed by atoms with van der Waals surface area (Å²) in [5, 5.41) is 6.56. The number of nitrogens with one attached hydrogen (secondary N) is 1. The molecule has 2 aromatic rings. The molecule has 0 saturated heterocycles. The zero-order valence-corrected chi connectivity index (χ0v) is 9.95. The highest BCUT2D eigenvalue weighted by Gasteiger charge is 2.08. The Morgan fingerprint density at radius 2 is 2.06 bits per heavy atom. The third-order valence-corrected chi connectivity index (χ3v) is 2.54. The van der Waals surface area contributed by atoms with E-state index in [0.717, 1.165) is 17.8 Å². The van der Waals surface area contributed by atoms with Crippen LogP contribution in [0.1, 0.15) is 11.3 Å². The van der Waals surface area contributed by atoms with Crippen molar-refractivity contribution in [1.29, 1.82) is 0 Å². The lowest BCUT2D eigenvalue weighted by atomic mass is 10.2. The first-order valence-electron chi connectivity index (χ1n) is 5.47. The van der Waals surface area contributed by atoms with E-state index in [4.69, 9.17) is 5.73 Å². The van der Waals surface area contributed by atoms with E-state index < -0.39 is 11.6 Å². The Hall–Kier alpha value is -1.95. The van der Waals surface area contributed by atoms with E-state index in [2.05, 4.69) is 10.2 Å². The molecule has 0 radical (unpaired) electrons. The van der Waals surface area contributed by atoms with Gasteiger partial charge < -0.3 is 5.73 Å². The van der Waals surface area contributed by atoms with Crippen molar-refractivity contribution in [3.63, 3.8) is 0 Å². The molecule has 1 aromatic heterocycles. The highest BCUT2D eigenvalue weighted by atomic mass is 19.1. The summed E-state index contributed by atoms with van der Waals surface area (Å²) in [6.45, 7) is 0.836. The quantitative estimate of drug-likeness (QED) is 0.873. The molecule has 1 heterocycles. The van der Waals surface area contributed by atoms with Crippen LogP contribution in [0.3, 0.4) is 0 Å². The highest BCUT2D eigenvalue weighted by molar-refractivity contribution is 5.28. The normalized spacial score (nSPS) is 11.1. The highest BCUT2D eigenvalue weighted by Crippen LogP contribution is 2.13. The van der Waals surface area contributed by atoms with Gasteiger partial charge in [0.15, 0.2) is 0 Å². The first-order chi connectivity index (χ1) is 8.54. The molecule has 4 nitrogen and oxygen atoms in total. The van der Waals surface area contributed by atoms with Gasteiger partial charge in [-0.1, -0.05) is 0 Å². The van der Waals surface area contributed by atoms with E-state index in [1.165, 1.54) is 6.07 Å². The van der Waals surface area contributed by atoms with Gasteiger partial charge in [0.1, 0.15) is 17.5 Å². The number of hydrogen-bond donors (Lipinski definition) is 2. The van der Waals surface area contributed by atoms with Crippen molar-refractivity contribution in [2.24, 2.45) is 0 Å². The number of benzene rings is 1. The lowest BCUT2D eigenvalue weighted by Gasteiger charge is -2.16. The Bertz CT molecular complexity index is 539. The second-order valence-electron chi connectivity index (χ2n) is 4.23. The molecule has 0 amide bonds. The fourth-order valence-corrected chi connectivity index (χ4v) is 1.76. The average Bonchev–Trinajstić information content (AvgIpc) is 2.69. The van der Waals surface area contributed by atoms with E-state index in [-0.39, 0.29) is 0 Å². The molecule has 0 saturated carbocycles. The standard InChI is InChI=1S/C12H14F2N4/c1-18(7-10-5-12(15)17-16-10)6-8-4-9(13)2-3-11(8)14/h2-5H,6-7H2,1H3,(H3,15,16,17). The Morgan fingerprint density at radius 3 is 2.72 bits per heavy atom. The average molecular weight is 252 g/mol. The first-order valence-corrected chi connectivity index (χ1v) is 5.47. The van der Waals surface area contributed by atoms with E-state index in [0.29, 0.717) is 24.5 Å². The number of nitrogens with two attached hydrogens (primary N) is 1. The van der Waals surface area contributed by atoms with E-state index in [9.17, 15) is 8.78 Å². The van der Waals surface area contributed by atoms with E-state index in [1.54, 1.807) is 13.1 Å². The minimum Gasteiger partial charge on any atom is -0.382 e. The number of rotatable bonds is 4. The lowest BCUT2D eigenvalue weighted by Crippen LogP contribution is -2.18. The van der Waals surface area contributed by atoms with Crippen molar-refractivity contribution < 1.29 is 8.78 Å². The molecule has 0 bridgehead atoms. The van der Waals surface area contributed by atoms with Gasteiger partial charge >= 0.3 is 0 Å². The smallest absolute Gasteiger partial charge is 0.145 e. The van der Waals surface area contributed by atoms with Gasteiger partial charge in [-0.3, -0.25) is 10.00 Å². The molecular weight excluding hydrogens is 238 g/mol. The van der Waals surface area contributed by atoms with Gasteiger partial charge in [0.2, 0.25) is 0 Å². The summed E-state index contributed by atoms with van der Waals surface area (Å²) in [6, 6.07) is 5.15. The molecule has 1 aromatic carbocycles. The topological polar surface area (TPSA) is 57.9 Å². The number of halogens is 2. The third kappa shape index (κ3) is 3.04. The Balaban J connectivity index is 2.02. The van der Waals surface area contributed by atoms with Gasteiger partial charge in [-0.25, -0.2) is 8.78 Å². The van der Waals surface area contributed by atoms with Crippen molar-refractivity contribution in [3.8, 4) is 0 Å². The summed E-state index contributed by atoms with van der Waals surface area (Å²) in [7, 11) is 1.81. The predicted molar refractivity (Wildman–Crippen MR) is 64.5 cm³/mol. The number of nitrogens with zero attached hydrogens (tertiary/aromatic N) is 2. The van der Waals surface area contributed by atoms with E-state index >= 15 is 0 Å². The second-order valence-corrected chi connectivity index (χ2v) is 4.23. The molecule has 0 atom stereocenters. The SMILES string of the molecule is CN(Cc1cc(N)n[nH]1)Cc1cc(F)ccc1F. The Kier molecular flexibility index (Phi) is 3.57. The first kappa shape index (κ1) is 12.5. The molecular formula is C12H14F2N4. The van der Waals surface area contributed by atoms with Gasteiger partial charge in [-0.05, 0) is 25.2 Å². The number of aromatic nitrogens is 2. The van der Waals surface area contributed by atoms with E-state index in [1.807, 2.05) is 4.90 Å². The van der Waals surface area contributed by atoms with Crippen LogP contribution in [0.25, 0.3) is 0 Å². The predicted octanol–water partition coefficient (Wildman–Crippen LogP) is 1.90. The van der Waals surface area contributed by atoms with Gasteiger partial charge in [-0.2, -0.15) is 5.10 Å². The number of aromatic amines is 1. The maximum Gasteiger partial charge on any atom is 0.145 e. The Labute approximate surface area is 103 Å². The van der Waals surface area contributed by atoms with Crippen LogP contribution in [-0.4, -0.2) is 22.1 Å². The molecule has 18 heavy (non-hydrogen) atoms. The summed E-state index contributed by atoms with van der Waals surface area (Å²) in [4.78, 5) is 1.84. The number of nitrogen functional groups attached to an aromatic ring is 1. The molecule has 2 rings (SSSR count). The maximum absolute atomic E-state index is 13.4. The van der Waals surface area contributed by atoms with Crippen molar-refractivity contribution >= 4 is 5.82 Å². The number of H-pyrrole nitrogens is 1.